The second kappa shape index (κ2) is 7.95. The summed E-state index contributed by atoms with van der Waals surface area (Å²) in [5.41, 5.74) is 9.45. The first-order valence-corrected chi connectivity index (χ1v) is 10.8. The fourth-order valence-corrected chi connectivity index (χ4v) is 4.96. The summed E-state index contributed by atoms with van der Waals surface area (Å²) in [5.74, 6) is -0.00688. The lowest BCUT2D eigenvalue weighted by Gasteiger charge is -2.28. The van der Waals surface area contributed by atoms with Gasteiger partial charge >= 0.3 is 11.6 Å². The molecule has 1 atom stereocenters. The number of ether oxygens (including phenoxy) is 3. The summed E-state index contributed by atoms with van der Waals surface area (Å²) >= 11 is 0. The molecule has 2 aromatic carbocycles. The average molecular weight is 449 g/mol. The Bertz CT molecular complexity index is 1370. The third kappa shape index (κ3) is 3.51. The highest BCUT2D eigenvalue weighted by Gasteiger charge is 2.34. The normalized spacial score (nSPS) is 16.8. The molecule has 1 aliphatic heterocycles. The number of aryl methyl sites for hydroxylation is 2. The van der Waals surface area contributed by atoms with E-state index >= 15 is 0 Å². The molecule has 8 heteroatoms. The number of esters is 1. The van der Waals surface area contributed by atoms with Gasteiger partial charge in [0, 0.05) is 17.0 Å². The summed E-state index contributed by atoms with van der Waals surface area (Å²) in [5, 5.41) is 0.708. The number of rotatable bonds is 5. The zero-order chi connectivity index (χ0) is 23.3. The van der Waals surface area contributed by atoms with E-state index in [9.17, 15) is 14.4 Å². The molecular formula is C25H23NO7. The van der Waals surface area contributed by atoms with Gasteiger partial charge in [0.1, 0.15) is 11.3 Å². The molecule has 8 nitrogen and oxygen atoms in total. The van der Waals surface area contributed by atoms with Gasteiger partial charge in [-0.05, 0) is 61.1 Å². The summed E-state index contributed by atoms with van der Waals surface area (Å²) in [4.78, 5) is 36.4. The van der Waals surface area contributed by atoms with E-state index in [2.05, 4.69) is 0 Å². The van der Waals surface area contributed by atoms with Gasteiger partial charge in [-0.1, -0.05) is 6.07 Å². The first kappa shape index (κ1) is 21.1. The van der Waals surface area contributed by atoms with Gasteiger partial charge in [-0.15, -0.1) is 0 Å². The minimum Gasteiger partial charge on any atom is -0.493 e. The van der Waals surface area contributed by atoms with Gasteiger partial charge in [-0.2, -0.15) is 0 Å². The molecule has 2 N–H and O–H groups in total. The van der Waals surface area contributed by atoms with Gasteiger partial charge in [0.25, 0.3) is 5.91 Å². The SMILES string of the molecule is COc1ccc(C2CC(=O)Oc3c2c(C)cc2oc(=O)c4c(c32)CCC4)cc1OCC(N)=O. The number of carbonyl (C=O) groups excluding carboxylic acids is 2. The van der Waals surface area contributed by atoms with Crippen LogP contribution in [-0.4, -0.2) is 25.6 Å². The van der Waals surface area contributed by atoms with Crippen LogP contribution in [0.15, 0.2) is 33.5 Å². The van der Waals surface area contributed by atoms with Crippen LogP contribution in [0.4, 0.5) is 0 Å². The monoisotopic (exact) mass is 449 g/mol. The Labute approximate surface area is 189 Å². The van der Waals surface area contributed by atoms with Crippen LogP contribution >= 0.6 is 0 Å². The van der Waals surface area contributed by atoms with Crippen molar-refractivity contribution in [2.75, 3.05) is 13.7 Å². The number of benzene rings is 2. The van der Waals surface area contributed by atoms with Gasteiger partial charge in [-0.25, -0.2) is 4.79 Å². The van der Waals surface area contributed by atoms with Crippen LogP contribution in [0.2, 0.25) is 0 Å². The van der Waals surface area contributed by atoms with Crippen molar-refractivity contribution in [3.63, 3.8) is 0 Å². The van der Waals surface area contributed by atoms with E-state index in [1.165, 1.54) is 7.11 Å². The fraction of sp³-hybridized carbons (Fsp3) is 0.320. The Morgan fingerprint density at radius 2 is 1.94 bits per heavy atom. The van der Waals surface area contributed by atoms with E-state index in [1.54, 1.807) is 12.1 Å². The van der Waals surface area contributed by atoms with Crippen LogP contribution in [0, 0.1) is 6.92 Å². The van der Waals surface area contributed by atoms with Crippen LogP contribution < -0.4 is 25.6 Å². The van der Waals surface area contributed by atoms with Gasteiger partial charge < -0.3 is 24.4 Å². The zero-order valence-electron chi connectivity index (χ0n) is 18.4. The van der Waals surface area contributed by atoms with Crippen molar-refractivity contribution < 1.29 is 28.2 Å². The van der Waals surface area contributed by atoms with Gasteiger partial charge in [-0.3, -0.25) is 9.59 Å². The summed E-state index contributed by atoms with van der Waals surface area (Å²) < 4.78 is 22.3. The Morgan fingerprint density at radius 3 is 2.70 bits per heavy atom. The summed E-state index contributed by atoms with van der Waals surface area (Å²) in [6.45, 7) is 1.61. The molecule has 1 aliphatic carbocycles. The Balaban J connectivity index is 1.70. The van der Waals surface area contributed by atoms with Crippen LogP contribution in [0.5, 0.6) is 17.2 Å². The number of primary amides is 1. The highest BCUT2D eigenvalue weighted by Crippen LogP contribution is 2.47. The van der Waals surface area contributed by atoms with Gasteiger partial charge in [0.15, 0.2) is 18.1 Å². The highest BCUT2D eigenvalue weighted by molar-refractivity contribution is 5.95. The first-order chi connectivity index (χ1) is 15.9. The summed E-state index contributed by atoms with van der Waals surface area (Å²) in [6, 6.07) is 7.20. The zero-order valence-corrected chi connectivity index (χ0v) is 18.4. The maximum absolute atomic E-state index is 12.7. The van der Waals surface area contributed by atoms with Crippen LogP contribution in [0.1, 0.15) is 46.6 Å². The number of methoxy groups -OCH3 is 1. The Morgan fingerprint density at radius 1 is 1.15 bits per heavy atom. The van der Waals surface area contributed by atoms with E-state index in [0.29, 0.717) is 40.2 Å². The summed E-state index contributed by atoms with van der Waals surface area (Å²) in [7, 11) is 1.50. The lowest BCUT2D eigenvalue weighted by atomic mass is 9.82. The van der Waals surface area contributed by atoms with E-state index in [0.717, 1.165) is 35.1 Å². The molecule has 0 spiro atoms. The standard InChI is InChI=1S/C25H23NO7/c1-12-8-19-23(14-4-3-5-15(14)25(29)32-19)24-22(12)16(10-21(28)33-24)13-6-7-17(30-2)18(9-13)31-11-20(26)27/h6-9,16H,3-5,10-11H2,1-2H3,(H2,26,27). The molecule has 1 unspecified atom stereocenters. The van der Waals surface area contributed by atoms with E-state index in [-0.39, 0.29) is 30.5 Å². The first-order valence-electron chi connectivity index (χ1n) is 10.8. The smallest absolute Gasteiger partial charge is 0.339 e. The molecule has 170 valence electrons. The Hall–Kier alpha value is -3.81. The van der Waals surface area contributed by atoms with Gasteiger partial charge in [0.05, 0.1) is 18.9 Å². The van der Waals surface area contributed by atoms with Crippen LogP contribution in [-0.2, 0) is 22.4 Å². The number of hydrogen-bond donors (Lipinski definition) is 1. The molecule has 0 fully saturated rings. The molecule has 2 heterocycles. The van der Waals surface area contributed by atoms with E-state index < -0.39 is 5.91 Å². The van der Waals surface area contributed by atoms with Crippen molar-refractivity contribution in [2.45, 2.75) is 38.5 Å². The average Bonchev–Trinajstić information content (AvgIpc) is 3.27. The summed E-state index contributed by atoms with van der Waals surface area (Å²) in [6.07, 6.45) is 2.40. The predicted octanol–water partition coefficient (Wildman–Crippen LogP) is 2.90. The molecule has 3 aromatic rings. The van der Waals surface area contributed by atoms with Crippen molar-refractivity contribution in [2.24, 2.45) is 5.73 Å². The van der Waals surface area contributed by atoms with Crippen molar-refractivity contribution in [3.05, 3.63) is 62.5 Å². The molecule has 5 rings (SSSR count). The second-order valence-corrected chi connectivity index (χ2v) is 8.41. The second-order valence-electron chi connectivity index (χ2n) is 8.41. The molecular weight excluding hydrogens is 426 g/mol. The van der Waals surface area contributed by atoms with Crippen LogP contribution in [0.3, 0.4) is 0 Å². The largest absolute Gasteiger partial charge is 0.493 e. The molecule has 33 heavy (non-hydrogen) atoms. The maximum atomic E-state index is 12.7. The minimum atomic E-state index is -0.605. The lowest BCUT2D eigenvalue weighted by Crippen LogP contribution is -2.23. The maximum Gasteiger partial charge on any atom is 0.339 e. The predicted molar refractivity (Wildman–Crippen MR) is 119 cm³/mol. The van der Waals surface area contributed by atoms with E-state index in [4.69, 9.17) is 24.4 Å². The molecule has 2 aliphatic rings. The molecule has 0 radical (unpaired) electrons. The number of fused-ring (bicyclic) bond motifs is 5. The number of nitrogens with two attached hydrogens (primary N) is 1. The number of hydrogen-bond acceptors (Lipinski definition) is 7. The van der Waals surface area contributed by atoms with Crippen molar-refractivity contribution in [1.82, 2.24) is 0 Å². The quantitative estimate of drug-likeness (QED) is 0.361. The number of carbonyl (C=O) groups is 2. The van der Waals surface area contributed by atoms with Crippen molar-refractivity contribution >= 4 is 22.8 Å². The van der Waals surface area contributed by atoms with Gasteiger partial charge in [0.2, 0.25) is 0 Å². The lowest BCUT2D eigenvalue weighted by molar-refractivity contribution is -0.135. The highest BCUT2D eigenvalue weighted by atomic mass is 16.5. The molecule has 0 saturated heterocycles. The van der Waals surface area contributed by atoms with Crippen molar-refractivity contribution in [1.29, 1.82) is 0 Å². The van der Waals surface area contributed by atoms with Crippen molar-refractivity contribution in [3.8, 4) is 17.2 Å². The fourth-order valence-electron chi connectivity index (χ4n) is 4.96. The molecule has 0 saturated carbocycles. The van der Waals surface area contributed by atoms with Crippen LogP contribution in [0.25, 0.3) is 11.0 Å². The molecule has 1 amide bonds. The number of amides is 1. The molecule has 1 aromatic heterocycles. The minimum absolute atomic E-state index is 0.139. The third-order valence-electron chi connectivity index (χ3n) is 6.35. The topological polar surface area (TPSA) is 118 Å². The van der Waals surface area contributed by atoms with E-state index in [1.807, 2.05) is 19.1 Å². The third-order valence-corrected chi connectivity index (χ3v) is 6.35. The Kier molecular flexibility index (Phi) is 5.08. The molecule has 0 bridgehead atoms.